The molecule has 0 saturated carbocycles. The zero-order valence-electron chi connectivity index (χ0n) is 11.8. The number of rotatable bonds is 3. The lowest BCUT2D eigenvalue weighted by Crippen LogP contribution is -2.23. The van der Waals surface area contributed by atoms with Gasteiger partial charge in [0.1, 0.15) is 5.69 Å². The third kappa shape index (κ3) is 4.37. The molecule has 2 aromatic rings. The normalized spacial score (nSPS) is 14.0. The SMILES string of the molecule is Cc1cc(Cl)c(-c2cc(C(F)(F)F)on2)cc1[S+]([O-])CC(F)(F)F. The molecule has 1 aromatic carbocycles. The van der Waals surface area contributed by atoms with Crippen molar-refractivity contribution in [1.82, 2.24) is 5.16 Å². The minimum atomic E-state index is -4.77. The fourth-order valence-electron chi connectivity index (χ4n) is 1.86. The van der Waals surface area contributed by atoms with Crippen LogP contribution in [0.5, 0.6) is 0 Å². The monoisotopic (exact) mass is 391 g/mol. The molecule has 0 saturated heterocycles. The molecular weight excluding hydrogens is 384 g/mol. The summed E-state index contributed by atoms with van der Waals surface area (Å²) in [6.07, 6.45) is -9.43. The van der Waals surface area contributed by atoms with Crippen LogP contribution in [0.15, 0.2) is 27.6 Å². The van der Waals surface area contributed by atoms with Crippen LogP contribution in [0.1, 0.15) is 11.3 Å². The number of benzene rings is 1. The molecule has 1 atom stereocenters. The van der Waals surface area contributed by atoms with Crippen molar-refractivity contribution in [2.45, 2.75) is 24.2 Å². The number of hydrogen-bond acceptors (Lipinski definition) is 3. The first kappa shape index (κ1) is 18.9. The van der Waals surface area contributed by atoms with E-state index in [2.05, 4.69) is 9.68 Å². The summed E-state index contributed by atoms with van der Waals surface area (Å²) in [6, 6.07) is 2.80. The number of hydrogen-bond donors (Lipinski definition) is 0. The Morgan fingerprint density at radius 2 is 1.79 bits per heavy atom. The van der Waals surface area contributed by atoms with Gasteiger partial charge in [0.15, 0.2) is 4.90 Å². The largest absolute Gasteiger partial charge is 0.611 e. The fourth-order valence-corrected chi connectivity index (χ4v) is 3.29. The molecule has 2 rings (SSSR count). The van der Waals surface area contributed by atoms with Crippen LogP contribution in [0.25, 0.3) is 11.3 Å². The molecule has 132 valence electrons. The molecule has 1 unspecified atom stereocenters. The van der Waals surface area contributed by atoms with Gasteiger partial charge in [-0.15, -0.1) is 0 Å². The maximum Gasteiger partial charge on any atom is 0.452 e. The highest BCUT2D eigenvalue weighted by Gasteiger charge is 2.38. The lowest BCUT2D eigenvalue weighted by atomic mass is 10.1. The van der Waals surface area contributed by atoms with E-state index in [0.717, 1.165) is 6.07 Å². The van der Waals surface area contributed by atoms with Crippen LogP contribution >= 0.6 is 11.6 Å². The predicted octanol–water partition coefficient (Wildman–Crippen LogP) is 4.99. The lowest BCUT2D eigenvalue weighted by molar-refractivity contribution is -0.155. The summed E-state index contributed by atoms with van der Waals surface area (Å²) in [5.41, 5.74) is -0.213. The maximum atomic E-state index is 12.5. The average Bonchev–Trinajstić information content (AvgIpc) is 2.85. The van der Waals surface area contributed by atoms with Crippen LogP contribution in [0, 0.1) is 6.92 Å². The van der Waals surface area contributed by atoms with Gasteiger partial charge in [-0.25, -0.2) is 0 Å². The molecule has 11 heteroatoms. The van der Waals surface area contributed by atoms with Gasteiger partial charge in [-0.2, -0.15) is 26.3 Å². The zero-order chi connectivity index (χ0) is 18.3. The van der Waals surface area contributed by atoms with Crippen LogP contribution in [0.3, 0.4) is 0 Å². The first-order valence-electron chi connectivity index (χ1n) is 6.18. The third-order valence-electron chi connectivity index (χ3n) is 2.87. The van der Waals surface area contributed by atoms with Crippen LogP contribution in [-0.4, -0.2) is 21.6 Å². The molecule has 0 fully saturated rings. The Labute approximate surface area is 139 Å². The van der Waals surface area contributed by atoms with Gasteiger partial charge in [-0.1, -0.05) is 16.8 Å². The highest BCUT2D eigenvalue weighted by Crippen LogP contribution is 2.37. The van der Waals surface area contributed by atoms with Crippen LogP contribution in [0.2, 0.25) is 5.02 Å². The van der Waals surface area contributed by atoms with E-state index in [1.165, 1.54) is 13.0 Å². The Morgan fingerprint density at radius 1 is 1.17 bits per heavy atom. The van der Waals surface area contributed by atoms with Gasteiger partial charge >= 0.3 is 12.4 Å². The average molecular weight is 392 g/mol. The highest BCUT2D eigenvalue weighted by atomic mass is 35.5. The number of halogens is 7. The van der Waals surface area contributed by atoms with Crippen molar-refractivity contribution in [3.8, 4) is 11.3 Å². The topological polar surface area (TPSA) is 49.1 Å². The second-order valence-electron chi connectivity index (χ2n) is 4.78. The van der Waals surface area contributed by atoms with Crippen molar-refractivity contribution < 1.29 is 35.4 Å². The van der Waals surface area contributed by atoms with E-state index in [4.69, 9.17) is 11.6 Å². The summed E-state index contributed by atoms with van der Waals surface area (Å²) in [5.74, 6) is -2.96. The van der Waals surface area contributed by atoms with Crippen molar-refractivity contribution in [3.63, 3.8) is 0 Å². The molecule has 3 nitrogen and oxygen atoms in total. The first-order chi connectivity index (χ1) is 10.9. The number of alkyl halides is 6. The van der Waals surface area contributed by atoms with Gasteiger partial charge in [0.2, 0.25) is 11.5 Å². The van der Waals surface area contributed by atoms with E-state index in [0.29, 0.717) is 6.07 Å². The molecule has 0 aliphatic heterocycles. The Kier molecular flexibility index (Phi) is 5.12. The van der Waals surface area contributed by atoms with Crippen LogP contribution in [0.4, 0.5) is 26.3 Å². The Hall–Kier alpha value is -1.39. The smallest absolute Gasteiger partial charge is 0.452 e. The molecule has 0 spiro atoms. The van der Waals surface area contributed by atoms with E-state index in [-0.39, 0.29) is 26.7 Å². The van der Waals surface area contributed by atoms with Crippen LogP contribution < -0.4 is 0 Å². The molecule has 0 amide bonds. The summed E-state index contributed by atoms with van der Waals surface area (Å²) in [4.78, 5) is -0.191. The van der Waals surface area contributed by atoms with E-state index in [1.807, 2.05) is 0 Å². The van der Waals surface area contributed by atoms with Gasteiger partial charge in [0, 0.05) is 23.3 Å². The molecule has 0 N–H and O–H groups in total. The minimum Gasteiger partial charge on any atom is -0.611 e. The fraction of sp³-hybridized carbons (Fsp3) is 0.308. The highest BCUT2D eigenvalue weighted by molar-refractivity contribution is 7.91. The van der Waals surface area contributed by atoms with Crippen molar-refractivity contribution in [3.05, 3.63) is 34.5 Å². The molecule has 1 heterocycles. The van der Waals surface area contributed by atoms with E-state index < -0.39 is 35.0 Å². The quantitative estimate of drug-likeness (QED) is 0.547. The van der Waals surface area contributed by atoms with Crippen molar-refractivity contribution in [2.75, 3.05) is 5.75 Å². The zero-order valence-corrected chi connectivity index (χ0v) is 13.3. The lowest BCUT2D eigenvalue weighted by Gasteiger charge is -2.15. The summed E-state index contributed by atoms with van der Waals surface area (Å²) in [6.45, 7) is 1.39. The molecule has 0 aliphatic carbocycles. The molecular formula is C13H8ClF6NO2S. The molecule has 1 aromatic heterocycles. The second-order valence-corrected chi connectivity index (χ2v) is 6.60. The van der Waals surface area contributed by atoms with Gasteiger partial charge in [-0.3, -0.25) is 0 Å². The second kappa shape index (κ2) is 6.49. The summed E-state index contributed by atoms with van der Waals surface area (Å²) >= 11 is 3.48. The number of nitrogens with zero attached hydrogens (tertiary/aromatic N) is 1. The van der Waals surface area contributed by atoms with Crippen molar-refractivity contribution in [1.29, 1.82) is 0 Å². The van der Waals surface area contributed by atoms with E-state index >= 15 is 0 Å². The van der Waals surface area contributed by atoms with Gasteiger partial charge < -0.3 is 9.08 Å². The first-order valence-corrected chi connectivity index (χ1v) is 7.88. The van der Waals surface area contributed by atoms with Crippen molar-refractivity contribution >= 4 is 22.8 Å². The predicted molar refractivity (Wildman–Crippen MR) is 74.0 cm³/mol. The number of aryl methyl sites for hydroxylation is 1. The molecule has 0 aliphatic rings. The summed E-state index contributed by atoms with van der Waals surface area (Å²) in [5, 5.41) is 3.16. The van der Waals surface area contributed by atoms with Gasteiger partial charge in [0.25, 0.3) is 0 Å². The Morgan fingerprint density at radius 3 is 2.29 bits per heavy atom. The summed E-state index contributed by atoms with van der Waals surface area (Å²) in [7, 11) is 0. The molecule has 24 heavy (non-hydrogen) atoms. The minimum absolute atomic E-state index is 0.0534. The Bertz CT molecular complexity index is 743. The molecule has 0 radical (unpaired) electrons. The van der Waals surface area contributed by atoms with Gasteiger partial charge in [-0.05, 0) is 24.2 Å². The molecule has 0 bridgehead atoms. The Balaban J connectivity index is 2.45. The standard InChI is InChI=1S/C13H8ClF6NO2S/c1-6-2-8(14)7(3-10(6)24(22)5-12(15,16)17)9-4-11(23-21-9)13(18,19)20/h2-4H,5H2,1H3. The van der Waals surface area contributed by atoms with E-state index in [1.54, 1.807) is 0 Å². The number of aromatic nitrogens is 1. The van der Waals surface area contributed by atoms with E-state index in [9.17, 15) is 30.9 Å². The van der Waals surface area contributed by atoms with Crippen LogP contribution in [-0.2, 0) is 17.4 Å². The third-order valence-corrected chi connectivity index (χ3v) is 4.70. The van der Waals surface area contributed by atoms with Gasteiger partial charge in [0.05, 0.1) is 5.02 Å². The van der Waals surface area contributed by atoms with Crippen molar-refractivity contribution in [2.24, 2.45) is 0 Å². The summed E-state index contributed by atoms with van der Waals surface area (Å²) < 4.78 is 90.8. The maximum absolute atomic E-state index is 12.5.